The van der Waals surface area contributed by atoms with Crippen molar-refractivity contribution < 1.29 is 9.90 Å². The molecule has 0 aromatic carbocycles. The van der Waals surface area contributed by atoms with Crippen LogP contribution in [-0.2, 0) is 7.05 Å². The molecule has 0 spiro atoms. The molecule has 0 aliphatic rings. The van der Waals surface area contributed by atoms with Gasteiger partial charge in [0.25, 0.3) is 0 Å². The van der Waals surface area contributed by atoms with E-state index in [4.69, 9.17) is 0 Å². The molecule has 7 heteroatoms. The number of fused-ring (bicyclic) bond motifs is 1. The van der Waals surface area contributed by atoms with E-state index in [1.165, 1.54) is 0 Å². The number of hydrogen-bond donors (Lipinski definition) is 3. The van der Waals surface area contributed by atoms with E-state index in [1.54, 1.807) is 10.9 Å². The third kappa shape index (κ3) is 3.04. The van der Waals surface area contributed by atoms with Gasteiger partial charge in [0.05, 0.1) is 29.7 Å². The lowest BCUT2D eigenvalue weighted by atomic mass is 9.94. The predicted molar refractivity (Wildman–Crippen MR) is 85.8 cm³/mol. The van der Waals surface area contributed by atoms with Gasteiger partial charge in [-0.2, -0.15) is 5.10 Å². The number of aliphatic hydroxyl groups excluding tert-OH is 1. The van der Waals surface area contributed by atoms with Crippen molar-refractivity contribution in [3.63, 3.8) is 0 Å². The van der Waals surface area contributed by atoms with Gasteiger partial charge in [-0.3, -0.25) is 4.68 Å². The molecular formula is C15H23N5O2. The fourth-order valence-corrected chi connectivity index (χ4v) is 2.47. The number of urea groups is 1. The maximum absolute atomic E-state index is 12.1. The van der Waals surface area contributed by atoms with Gasteiger partial charge >= 0.3 is 6.03 Å². The van der Waals surface area contributed by atoms with Crippen LogP contribution < -0.4 is 10.6 Å². The Hall–Kier alpha value is -2.15. The third-order valence-corrected chi connectivity index (χ3v) is 4.16. The van der Waals surface area contributed by atoms with Crippen molar-refractivity contribution in [2.75, 3.05) is 11.9 Å². The van der Waals surface area contributed by atoms with E-state index in [0.29, 0.717) is 18.5 Å². The van der Waals surface area contributed by atoms with Gasteiger partial charge in [-0.05, 0) is 25.8 Å². The van der Waals surface area contributed by atoms with Crippen molar-refractivity contribution in [2.24, 2.45) is 7.05 Å². The molecule has 0 fully saturated rings. The van der Waals surface area contributed by atoms with Crippen LogP contribution in [0, 0.1) is 6.92 Å². The first kappa shape index (κ1) is 16.2. The zero-order valence-corrected chi connectivity index (χ0v) is 13.5. The van der Waals surface area contributed by atoms with Crippen LogP contribution in [0.2, 0.25) is 0 Å². The minimum Gasteiger partial charge on any atom is -0.394 e. The molecule has 0 radical (unpaired) electrons. The van der Waals surface area contributed by atoms with Gasteiger partial charge in [-0.1, -0.05) is 13.8 Å². The Balaban J connectivity index is 2.16. The molecule has 0 aliphatic heterocycles. The van der Waals surface area contributed by atoms with Crippen molar-refractivity contribution in [3.8, 4) is 0 Å². The summed E-state index contributed by atoms with van der Waals surface area (Å²) in [4.78, 5) is 16.5. The maximum atomic E-state index is 12.1. The normalized spacial score (nSPS) is 11.7. The van der Waals surface area contributed by atoms with Crippen LogP contribution >= 0.6 is 0 Å². The van der Waals surface area contributed by atoms with Crippen LogP contribution in [0.3, 0.4) is 0 Å². The van der Waals surface area contributed by atoms with Crippen molar-refractivity contribution in [3.05, 3.63) is 18.0 Å². The number of carbonyl (C=O) groups is 1. The first-order valence-electron chi connectivity index (χ1n) is 7.44. The molecule has 2 aromatic rings. The predicted octanol–water partition coefficient (Wildman–Crippen LogP) is 1.95. The topological polar surface area (TPSA) is 92.1 Å². The zero-order chi connectivity index (χ0) is 16.3. The Morgan fingerprint density at radius 2 is 2.09 bits per heavy atom. The highest BCUT2D eigenvalue weighted by atomic mass is 16.3. The largest absolute Gasteiger partial charge is 0.394 e. The fourth-order valence-electron chi connectivity index (χ4n) is 2.47. The second-order valence-corrected chi connectivity index (χ2v) is 5.53. The number of aliphatic hydroxyl groups is 1. The highest BCUT2D eigenvalue weighted by molar-refractivity contribution is 5.92. The number of aryl methyl sites for hydroxylation is 2. The van der Waals surface area contributed by atoms with Crippen molar-refractivity contribution in [1.29, 1.82) is 0 Å². The average Bonchev–Trinajstić information content (AvgIpc) is 2.79. The summed E-state index contributed by atoms with van der Waals surface area (Å²) in [5.41, 5.74) is 1.64. The van der Waals surface area contributed by atoms with Crippen LogP contribution in [0.5, 0.6) is 0 Å². The standard InChI is InChI=1S/C15H23N5O2/c1-5-15(6-2,9-21)18-14(22)17-11-7-12-10(3)19-20(4)13(12)16-8-11/h7-8,21H,5-6,9H2,1-4H3,(H2,17,18,22). The van der Waals surface area contributed by atoms with Crippen LogP contribution in [-0.4, -0.2) is 38.0 Å². The number of amides is 2. The molecule has 0 saturated carbocycles. The number of aromatic nitrogens is 3. The van der Waals surface area contributed by atoms with E-state index >= 15 is 0 Å². The number of anilines is 1. The van der Waals surface area contributed by atoms with E-state index in [-0.39, 0.29) is 12.6 Å². The lowest BCUT2D eigenvalue weighted by molar-refractivity contribution is 0.155. The summed E-state index contributed by atoms with van der Waals surface area (Å²) in [6.07, 6.45) is 2.92. The summed E-state index contributed by atoms with van der Waals surface area (Å²) in [5, 5.41) is 20.3. The smallest absolute Gasteiger partial charge is 0.319 e. The number of carbonyl (C=O) groups excluding carboxylic acids is 1. The highest BCUT2D eigenvalue weighted by Gasteiger charge is 2.27. The van der Waals surface area contributed by atoms with Crippen LogP contribution in [0.15, 0.2) is 12.3 Å². The van der Waals surface area contributed by atoms with Crippen LogP contribution in [0.25, 0.3) is 11.0 Å². The number of nitrogens with one attached hydrogen (secondary N) is 2. The number of hydrogen-bond acceptors (Lipinski definition) is 4. The first-order valence-corrected chi connectivity index (χ1v) is 7.44. The molecule has 7 nitrogen and oxygen atoms in total. The summed E-state index contributed by atoms with van der Waals surface area (Å²) in [6, 6.07) is 1.50. The van der Waals surface area contributed by atoms with Crippen molar-refractivity contribution in [1.82, 2.24) is 20.1 Å². The molecule has 0 atom stereocenters. The Labute approximate surface area is 129 Å². The monoisotopic (exact) mass is 305 g/mol. The molecule has 2 rings (SSSR count). The fraction of sp³-hybridized carbons (Fsp3) is 0.533. The zero-order valence-electron chi connectivity index (χ0n) is 13.5. The summed E-state index contributed by atoms with van der Waals surface area (Å²) in [7, 11) is 1.83. The average molecular weight is 305 g/mol. The Bertz CT molecular complexity index is 668. The summed E-state index contributed by atoms with van der Waals surface area (Å²) in [5.74, 6) is 0. The van der Waals surface area contributed by atoms with E-state index in [1.807, 2.05) is 33.9 Å². The van der Waals surface area contributed by atoms with Gasteiger partial charge in [0.15, 0.2) is 5.65 Å². The SMILES string of the molecule is CCC(CC)(CO)NC(=O)Nc1cnc2c(c1)c(C)nn2C. The second-order valence-electron chi connectivity index (χ2n) is 5.53. The van der Waals surface area contributed by atoms with Crippen molar-refractivity contribution in [2.45, 2.75) is 39.2 Å². The molecule has 0 bridgehead atoms. The molecule has 0 saturated heterocycles. The van der Waals surface area contributed by atoms with Gasteiger partial charge in [0, 0.05) is 12.4 Å². The summed E-state index contributed by atoms with van der Waals surface area (Å²) < 4.78 is 1.71. The number of rotatable bonds is 5. The number of nitrogens with zero attached hydrogens (tertiary/aromatic N) is 3. The lowest BCUT2D eigenvalue weighted by Crippen LogP contribution is -2.52. The summed E-state index contributed by atoms with van der Waals surface area (Å²) in [6.45, 7) is 5.68. The van der Waals surface area contributed by atoms with Crippen molar-refractivity contribution >= 4 is 22.8 Å². The quantitative estimate of drug-likeness (QED) is 0.787. The maximum Gasteiger partial charge on any atom is 0.319 e. The molecule has 0 unspecified atom stereocenters. The third-order valence-electron chi connectivity index (χ3n) is 4.16. The summed E-state index contributed by atoms with van der Waals surface area (Å²) >= 11 is 0. The molecular weight excluding hydrogens is 282 g/mol. The van der Waals surface area contributed by atoms with E-state index in [2.05, 4.69) is 20.7 Å². The van der Waals surface area contributed by atoms with E-state index < -0.39 is 5.54 Å². The minimum absolute atomic E-state index is 0.0909. The van der Waals surface area contributed by atoms with Gasteiger partial charge < -0.3 is 15.7 Å². The molecule has 2 amide bonds. The van der Waals surface area contributed by atoms with Gasteiger partial charge in [-0.25, -0.2) is 9.78 Å². The van der Waals surface area contributed by atoms with Gasteiger partial charge in [0.1, 0.15) is 0 Å². The Morgan fingerprint density at radius 3 is 2.68 bits per heavy atom. The molecule has 2 aromatic heterocycles. The molecule has 120 valence electrons. The molecule has 22 heavy (non-hydrogen) atoms. The van der Waals surface area contributed by atoms with E-state index in [0.717, 1.165) is 16.7 Å². The Kier molecular flexibility index (Phi) is 4.65. The number of pyridine rings is 1. The van der Waals surface area contributed by atoms with Crippen LogP contribution in [0.1, 0.15) is 32.4 Å². The van der Waals surface area contributed by atoms with Gasteiger partial charge in [0.2, 0.25) is 0 Å². The molecule has 3 N–H and O–H groups in total. The molecule has 2 heterocycles. The molecule has 0 aliphatic carbocycles. The van der Waals surface area contributed by atoms with Gasteiger partial charge in [-0.15, -0.1) is 0 Å². The first-order chi connectivity index (χ1) is 10.4. The highest BCUT2D eigenvalue weighted by Crippen LogP contribution is 2.20. The van der Waals surface area contributed by atoms with E-state index in [9.17, 15) is 9.90 Å². The lowest BCUT2D eigenvalue weighted by Gasteiger charge is -2.30. The second kappa shape index (κ2) is 6.31. The minimum atomic E-state index is -0.591. The van der Waals surface area contributed by atoms with Crippen LogP contribution in [0.4, 0.5) is 10.5 Å². The Morgan fingerprint density at radius 1 is 1.41 bits per heavy atom.